The summed E-state index contributed by atoms with van der Waals surface area (Å²) in [5.41, 5.74) is 2.97. The van der Waals surface area contributed by atoms with Gasteiger partial charge in [0.25, 0.3) is 5.69 Å². The summed E-state index contributed by atoms with van der Waals surface area (Å²) in [5, 5.41) is 23.1. The van der Waals surface area contributed by atoms with Crippen molar-refractivity contribution in [1.29, 1.82) is 5.26 Å². The summed E-state index contributed by atoms with van der Waals surface area (Å²) in [6.45, 7) is 3.76. The minimum absolute atomic E-state index is 0.0653. The molecule has 2 aromatic carbocycles. The van der Waals surface area contributed by atoms with Crippen LogP contribution in [0.2, 0.25) is 0 Å². The molecule has 0 heterocycles. The number of para-hydroxylation sites is 1. The van der Waals surface area contributed by atoms with Crippen LogP contribution in [-0.4, -0.2) is 4.92 Å². The number of aryl methyl sites for hydroxylation is 1. The molecular weight excluding hydrogens is 266 g/mol. The SMILES string of the molecule is Cc1cccc([N+](=O)[O-])c1NC(C)c1ccc(C#N)cc1. The lowest BCUT2D eigenvalue weighted by Gasteiger charge is -2.17. The van der Waals surface area contributed by atoms with E-state index in [2.05, 4.69) is 11.4 Å². The number of anilines is 1. The van der Waals surface area contributed by atoms with Gasteiger partial charge in [-0.2, -0.15) is 5.26 Å². The lowest BCUT2D eigenvalue weighted by atomic mass is 10.0. The Morgan fingerprint density at radius 3 is 2.48 bits per heavy atom. The number of benzene rings is 2. The van der Waals surface area contributed by atoms with Crippen LogP contribution >= 0.6 is 0 Å². The van der Waals surface area contributed by atoms with E-state index in [-0.39, 0.29) is 16.7 Å². The molecule has 1 N–H and O–H groups in total. The Labute approximate surface area is 123 Å². The topological polar surface area (TPSA) is 79.0 Å². The Bertz CT molecular complexity index is 702. The Hall–Kier alpha value is -2.87. The molecule has 0 aromatic heterocycles. The first-order valence-corrected chi connectivity index (χ1v) is 6.53. The monoisotopic (exact) mass is 281 g/mol. The zero-order valence-electron chi connectivity index (χ0n) is 11.8. The van der Waals surface area contributed by atoms with Gasteiger partial charge in [0, 0.05) is 12.1 Å². The number of hydrogen-bond acceptors (Lipinski definition) is 4. The predicted molar refractivity (Wildman–Crippen MR) is 81.0 cm³/mol. The third-order valence-electron chi connectivity index (χ3n) is 3.35. The number of nitro groups is 1. The summed E-state index contributed by atoms with van der Waals surface area (Å²) in [4.78, 5) is 10.7. The Balaban J connectivity index is 2.29. The Morgan fingerprint density at radius 1 is 1.24 bits per heavy atom. The van der Waals surface area contributed by atoms with Gasteiger partial charge in [0.05, 0.1) is 16.6 Å². The van der Waals surface area contributed by atoms with Crippen molar-refractivity contribution in [2.75, 3.05) is 5.32 Å². The van der Waals surface area contributed by atoms with Crippen LogP contribution in [-0.2, 0) is 0 Å². The third-order valence-corrected chi connectivity index (χ3v) is 3.35. The third kappa shape index (κ3) is 3.18. The average molecular weight is 281 g/mol. The van der Waals surface area contributed by atoms with Crippen molar-refractivity contribution in [3.63, 3.8) is 0 Å². The van der Waals surface area contributed by atoms with Gasteiger partial charge in [0.15, 0.2) is 0 Å². The fourth-order valence-electron chi connectivity index (χ4n) is 2.14. The van der Waals surface area contributed by atoms with Crippen LogP contribution in [0.1, 0.15) is 29.7 Å². The van der Waals surface area contributed by atoms with Crippen LogP contribution in [0, 0.1) is 28.4 Å². The summed E-state index contributed by atoms with van der Waals surface area (Å²) in [5.74, 6) is 0. The van der Waals surface area contributed by atoms with Gasteiger partial charge in [-0.1, -0.05) is 24.3 Å². The Morgan fingerprint density at radius 2 is 1.90 bits per heavy atom. The molecule has 106 valence electrons. The van der Waals surface area contributed by atoms with E-state index in [0.29, 0.717) is 11.3 Å². The number of nitrogens with zero attached hydrogens (tertiary/aromatic N) is 2. The lowest BCUT2D eigenvalue weighted by molar-refractivity contribution is -0.384. The second-order valence-corrected chi connectivity index (χ2v) is 4.83. The van der Waals surface area contributed by atoms with Crippen LogP contribution in [0.15, 0.2) is 42.5 Å². The summed E-state index contributed by atoms with van der Waals surface area (Å²) in [6.07, 6.45) is 0. The first-order chi connectivity index (χ1) is 10.0. The molecule has 0 saturated heterocycles. The molecular formula is C16H15N3O2. The number of nitrogens with one attached hydrogen (secondary N) is 1. The van der Waals surface area contributed by atoms with Gasteiger partial charge in [0.1, 0.15) is 5.69 Å². The van der Waals surface area contributed by atoms with Crippen LogP contribution in [0.3, 0.4) is 0 Å². The predicted octanol–water partition coefficient (Wildman–Crippen LogP) is 3.95. The van der Waals surface area contributed by atoms with E-state index in [0.717, 1.165) is 11.1 Å². The maximum absolute atomic E-state index is 11.1. The molecule has 0 saturated carbocycles. The van der Waals surface area contributed by atoms with E-state index in [1.165, 1.54) is 6.07 Å². The molecule has 5 heteroatoms. The molecule has 2 rings (SSSR count). The number of rotatable bonds is 4. The molecule has 0 aliphatic rings. The van der Waals surface area contributed by atoms with Crippen molar-refractivity contribution in [3.8, 4) is 6.07 Å². The van der Waals surface area contributed by atoms with Crippen molar-refractivity contribution in [2.24, 2.45) is 0 Å². The average Bonchev–Trinajstić information content (AvgIpc) is 2.49. The molecule has 21 heavy (non-hydrogen) atoms. The van der Waals surface area contributed by atoms with E-state index in [4.69, 9.17) is 5.26 Å². The second-order valence-electron chi connectivity index (χ2n) is 4.83. The molecule has 2 aromatic rings. The van der Waals surface area contributed by atoms with Gasteiger partial charge in [-0.25, -0.2) is 0 Å². The van der Waals surface area contributed by atoms with Gasteiger partial charge >= 0.3 is 0 Å². The molecule has 0 spiro atoms. The Kier molecular flexibility index (Phi) is 4.19. The van der Waals surface area contributed by atoms with E-state index in [9.17, 15) is 10.1 Å². The van der Waals surface area contributed by atoms with Crippen molar-refractivity contribution >= 4 is 11.4 Å². The standard InChI is InChI=1S/C16H15N3O2/c1-11-4-3-5-15(19(20)21)16(11)18-12(2)14-8-6-13(10-17)7-9-14/h3-9,12,18H,1-2H3. The van der Waals surface area contributed by atoms with Gasteiger partial charge in [0.2, 0.25) is 0 Å². The minimum Gasteiger partial charge on any atom is -0.373 e. The lowest BCUT2D eigenvalue weighted by Crippen LogP contribution is -2.09. The molecule has 1 unspecified atom stereocenters. The molecule has 0 amide bonds. The quantitative estimate of drug-likeness (QED) is 0.679. The largest absolute Gasteiger partial charge is 0.373 e. The first-order valence-electron chi connectivity index (χ1n) is 6.53. The summed E-state index contributed by atoms with van der Waals surface area (Å²) in [6, 6.07) is 14.1. The number of nitro benzene ring substituents is 1. The first kappa shape index (κ1) is 14.5. The fourth-order valence-corrected chi connectivity index (χ4v) is 2.14. The molecule has 0 aliphatic carbocycles. The maximum Gasteiger partial charge on any atom is 0.292 e. The minimum atomic E-state index is -0.388. The summed E-state index contributed by atoms with van der Waals surface area (Å²) in [7, 11) is 0. The van der Waals surface area contributed by atoms with Crippen molar-refractivity contribution in [1.82, 2.24) is 0 Å². The zero-order valence-corrected chi connectivity index (χ0v) is 11.8. The van der Waals surface area contributed by atoms with Crippen LogP contribution in [0.25, 0.3) is 0 Å². The van der Waals surface area contributed by atoms with Gasteiger partial charge in [-0.15, -0.1) is 0 Å². The highest BCUT2D eigenvalue weighted by atomic mass is 16.6. The van der Waals surface area contributed by atoms with Crippen LogP contribution in [0.4, 0.5) is 11.4 Å². The van der Waals surface area contributed by atoms with E-state index in [1.54, 1.807) is 18.2 Å². The number of nitriles is 1. The van der Waals surface area contributed by atoms with Crippen molar-refractivity contribution in [2.45, 2.75) is 19.9 Å². The second kappa shape index (κ2) is 6.06. The molecule has 0 aliphatic heterocycles. The van der Waals surface area contributed by atoms with Gasteiger partial charge in [-0.3, -0.25) is 10.1 Å². The summed E-state index contributed by atoms with van der Waals surface area (Å²) >= 11 is 0. The molecule has 0 radical (unpaired) electrons. The molecule has 0 bridgehead atoms. The van der Waals surface area contributed by atoms with E-state index in [1.807, 2.05) is 32.0 Å². The molecule has 0 fully saturated rings. The van der Waals surface area contributed by atoms with Crippen molar-refractivity contribution in [3.05, 3.63) is 69.3 Å². The maximum atomic E-state index is 11.1. The van der Waals surface area contributed by atoms with Crippen LogP contribution in [0.5, 0.6) is 0 Å². The number of hydrogen-bond donors (Lipinski definition) is 1. The fraction of sp³-hybridized carbons (Fsp3) is 0.188. The highest BCUT2D eigenvalue weighted by Crippen LogP contribution is 2.31. The molecule has 1 atom stereocenters. The smallest absolute Gasteiger partial charge is 0.292 e. The highest BCUT2D eigenvalue weighted by Gasteiger charge is 2.17. The van der Waals surface area contributed by atoms with Crippen molar-refractivity contribution < 1.29 is 4.92 Å². The van der Waals surface area contributed by atoms with Gasteiger partial charge in [-0.05, 0) is 37.1 Å². The van der Waals surface area contributed by atoms with E-state index >= 15 is 0 Å². The normalized spacial score (nSPS) is 11.5. The zero-order chi connectivity index (χ0) is 15.4. The van der Waals surface area contributed by atoms with Crippen LogP contribution < -0.4 is 5.32 Å². The summed E-state index contributed by atoms with van der Waals surface area (Å²) < 4.78 is 0. The highest BCUT2D eigenvalue weighted by molar-refractivity contribution is 5.66. The van der Waals surface area contributed by atoms with Gasteiger partial charge < -0.3 is 5.32 Å². The van der Waals surface area contributed by atoms with E-state index < -0.39 is 0 Å². The molecule has 5 nitrogen and oxygen atoms in total.